The van der Waals surface area contributed by atoms with Crippen LogP contribution in [0, 0.1) is 6.92 Å². The molecule has 7 heteroatoms. The van der Waals surface area contributed by atoms with E-state index >= 15 is 0 Å². The fourth-order valence-corrected chi connectivity index (χ4v) is 3.55. The molecule has 0 aliphatic carbocycles. The van der Waals surface area contributed by atoms with E-state index in [4.69, 9.17) is 16.3 Å². The van der Waals surface area contributed by atoms with Crippen molar-refractivity contribution in [1.82, 2.24) is 4.90 Å². The van der Waals surface area contributed by atoms with Crippen molar-refractivity contribution in [2.45, 2.75) is 13.0 Å². The number of carbonyl (C=O) groups excluding carboxylic acids is 2. The lowest BCUT2D eigenvalue weighted by Gasteiger charge is -2.27. The first-order chi connectivity index (χ1) is 15.4. The topological polar surface area (TPSA) is 70.7 Å². The van der Waals surface area contributed by atoms with Crippen LogP contribution in [0.5, 0.6) is 5.75 Å². The molecule has 0 spiro atoms. The molecule has 32 heavy (non-hydrogen) atoms. The molecule has 3 rings (SSSR count). The minimum atomic E-state index is -0.662. The quantitative estimate of drug-likeness (QED) is 0.510. The highest BCUT2D eigenvalue weighted by Gasteiger charge is 2.27. The number of rotatable bonds is 8. The third-order valence-corrected chi connectivity index (χ3v) is 5.19. The van der Waals surface area contributed by atoms with Crippen molar-refractivity contribution in [3.63, 3.8) is 0 Å². The van der Waals surface area contributed by atoms with E-state index in [1.165, 1.54) is 7.11 Å². The minimum absolute atomic E-state index is 0.0173. The Morgan fingerprint density at radius 3 is 2.34 bits per heavy atom. The second kappa shape index (κ2) is 10.8. The van der Waals surface area contributed by atoms with Crippen LogP contribution in [0.1, 0.15) is 17.2 Å². The Bertz CT molecular complexity index is 1070. The maximum absolute atomic E-state index is 13.2. The van der Waals surface area contributed by atoms with Crippen LogP contribution in [-0.2, 0) is 9.59 Å². The second-order valence-corrected chi connectivity index (χ2v) is 7.91. The molecule has 3 aromatic rings. The zero-order chi connectivity index (χ0) is 23.1. The molecule has 6 nitrogen and oxygen atoms in total. The van der Waals surface area contributed by atoms with E-state index in [0.29, 0.717) is 22.1 Å². The Morgan fingerprint density at radius 1 is 1.00 bits per heavy atom. The second-order valence-electron chi connectivity index (χ2n) is 7.48. The first-order valence-corrected chi connectivity index (χ1v) is 10.5. The van der Waals surface area contributed by atoms with E-state index in [1.807, 2.05) is 61.5 Å². The fraction of sp³-hybridized carbons (Fsp3) is 0.200. The van der Waals surface area contributed by atoms with Gasteiger partial charge >= 0.3 is 0 Å². The van der Waals surface area contributed by atoms with Gasteiger partial charge in [0.2, 0.25) is 11.8 Å². The average molecular weight is 452 g/mol. The molecule has 0 heterocycles. The fourth-order valence-electron chi connectivity index (χ4n) is 3.37. The molecule has 0 aliphatic rings. The highest BCUT2D eigenvalue weighted by atomic mass is 35.5. The number of ether oxygens (including phenoxy) is 1. The molecule has 0 saturated carbocycles. The maximum Gasteiger partial charge on any atom is 0.246 e. The number of benzene rings is 3. The number of likely N-dealkylation sites (N-methyl/N-ethyl adjacent to an activating group) is 1. The molecule has 0 aromatic heterocycles. The summed E-state index contributed by atoms with van der Waals surface area (Å²) in [6.45, 7) is 1.97. The van der Waals surface area contributed by atoms with Crippen molar-refractivity contribution in [3.8, 4) is 5.75 Å². The Balaban J connectivity index is 1.77. The number of nitrogens with zero attached hydrogens (tertiary/aromatic N) is 1. The van der Waals surface area contributed by atoms with Crippen molar-refractivity contribution >= 4 is 34.8 Å². The Labute approximate surface area is 193 Å². The first kappa shape index (κ1) is 23.3. The normalized spacial score (nSPS) is 11.7. The van der Waals surface area contributed by atoms with E-state index < -0.39 is 6.04 Å². The molecule has 0 radical (unpaired) electrons. The summed E-state index contributed by atoms with van der Waals surface area (Å²) in [6.07, 6.45) is 0. The van der Waals surface area contributed by atoms with Gasteiger partial charge in [-0.3, -0.25) is 14.5 Å². The number of hydrogen-bond acceptors (Lipinski definition) is 4. The van der Waals surface area contributed by atoms with Crippen LogP contribution in [0.2, 0.25) is 5.02 Å². The van der Waals surface area contributed by atoms with Crippen LogP contribution in [0.4, 0.5) is 11.4 Å². The third kappa shape index (κ3) is 6.09. The lowest BCUT2D eigenvalue weighted by atomic mass is 10.0. The van der Waals surface area contributed by atoms with Crippen LogP contribution < -0.4 is 15.4 Å². The van der Waals surface area contributed by atoms with Crippen molar-refractivity contribution in [2.24, 2.45) is 0 Å². The average Bonchev–Trinajstić information content (AvgIpc) is 2.76. The number of anilines is 2. The molecule has 0 aliphatic heterocycles. The summed E-state index contributed by atoms with van der Waals surface area (Å²) in [5.41, 5.74) is 3.06. The summed E-state index contributed by atoms with van der Waals surface area (Å²) < 4.78 is 5.28. The molecule has 1 atom stereocenters. The molecule has 166 valence electrons. The summed E-state index contributed by atoms with van der Waals surface area (Å²) in [6, 6.07) is 21.3. The number of aryl methyl sites for hydroxylation is 1. The Hall–Kier alpha value is -3.35. The monoisotopic (exact) mass is 451 g/mol. The highest BCUT2D eigenvalue weighted by Crippen LogP contribution is 2.28. The lowest BCUT2D eigenvalue weighted by molar-refractivity contribution is -0.123. The smallest absolute Gasteiger partial charge is 0.246 e. The van der Waals surface area contributed by atoms with Crippen LogP contribution in [0.3, 0.4) is 0 Å². The van der Waals surface area contributed by atoms with Gasteiger partial charge in [-0.2, -0.15) is 0 Å². The maximum atomic E-state index is 13.2. The van der Waals surface area contributed by atoms with Gasteiger partial charge in [0.05, 0.1) is 19.3 Å². The largest absolute Gasteiger partial charge is 0.495 e. The van der Waals surface area contributed by atoms with E-state index in [1.54, 1.807) is 30.1 Å². The van der Waals surface area contributed by atoms with E-state index in [9.17, 15) is 9.59 Å². The van der Waals surface area contributed by atoms with Gasteiger partial charge in [0.15, 0.2) is 0 Å². The van der Waals surface area contributed by atoms with Gasteiger partial charge in [0, 0.05) is 10.7 Å². The minimum Gasteiger partial charge on any atom is -0.495 e. The van der Waals surface area contributed by atoms with Crippen molar-refractivity contribution in [1.29, 1.82) is 0 Å². The molecule has 1 unspecified atom stereocenters. The van der Waals surface area contributed by atoms with E-state index in [0.717, 1.165) is 11.1 Å². The standard InChI is InChI=1S/C25H26ClN3O3/c1-17-9-12-20(13-10-17)27-25(31)24(18-7-5-4-6-8-18)29(2)16-23(30)28-21-15-19(26)11-14-22(21)32-3/h4-15,24H,16H2,1-3H3,(H,27,31)(H,28,30). The summed E-state index contributed by atoms with van der Waals surface area (Å²) in [7, 11) is 3.26. The van der Waals surface area contributed by atoms with Gasteiger partial charge in [-0.25, -0.2) is 0 Å². The first-order valence-electron chi connectivity index (χ1n) is 10.1. The number of hydrogen-bond donors (Lipinski definition) is 2. The van der Waals surface area contributed by atoms with Crippen molar-refractivity contribution < 1.29 is 14.3 Å². The summed E-state index contributed by atoms with van der Waals surface area (Å²) in [4.78, 5) is 27.7. The molecule has 2 amide bonds. The number of halogens is 1. The van der Waals surface area contributed by atoms with Gasteiger partial charge in [0.25, 0.3) is 0 Å². The molecular formula is C25H26ClN3O3. The number of methoxy groups -OCH3 is 1. The SMILES string of the molecule is COc1ccc(Cl)cc1NC(=O)CN(C)C(C(=O)Nc1ccc(C)cc1)c1ccccc1. The zero-order valence-electron chi connectivity index (χ0n) is 18.3. The number of nitrogens with one attached hydrogen (secondary N) is 2. The summed E-state index contributed by atoms with van der Waals surface area (Å²) in [5, 5.41) is 6.24. The predicted molar refractivity (Wildman–Crippen MR) is 128 cm³/mol. The van der Waals surface area contributed by atoms with E-state index in [2.05, 4.69) is 10.6 Å². The zero-order valence-corrected chi connectivity index (χ0v) is 19.0. The molecule has 0 bridgehead atoms. The van der Waals surface area contributed by atoms with Gasteiger partial charge in [0.1, 0.15) is 11.8 Å². The van der Waals surface area contributed by atoms with Crippen LogP contribution >= 0.6 is 11.6 Å². The predicted octanol–water partition coefficient (Wildman–Crippen LogP) is 4.91. The molecule has 0 saturated heterocycles. The number of amides is 2. The van der Waals surface area contributed by atoms with Crippen LogP contribution in [-0.4, -0.2) is 37.4 Å². The van der Waals surface area contributed by atoms with Crippen LogP contribution in [0.15, 0.2) is 72.8 Å². The lowest BCUT2D eigenvalue weighted by Crippen LogP contribution is -2.39. The van der Waals surface area contributed by atoms with Crippen LogP contribution in [0.25, 0.3) is 0 Å². The van der Waals surface area contributed by atoms with E-state index in [-0.39, 0.29) is 18.4 Å². The van der Waals surface area contributed by atoms with Gasteiger partial charge in [-0.15, -0.1) is 0 Å². The molecule has 2 N–H and O–H groups in total. The molecule has 0 fully saturated rings. The Kier molecular flexibility index (Phi) is 7.87. The van der Waals surface area contributed by atoms with Gasteiger partial charge in [-0.1, -0.05) is 59.6 Å². The van der Waals surface area contributed by atoms with Crippen molar-refractivity contribution in [3.05, 3.63) is 88.9 Å². The molecular weight excluding hydrogens is 426 g/mol. The number of carbonyl (C=O) groups is 2. The van der Waals surface area contributed by atoms with Gasteiger partial charge < -0.3 is 15.4 Å². The van der Waals surface area contributed by atoms with Crippen molar-refractivity contribution in [2.75, 3.05) is 31.3 Å². The highest BCUT2D eigenvalue weighted by molar-refractivity contribution is 6.31. The van der Waals surface area contributed by atoms with Gasteiger partial charge in [-0.05, 0) is 49.9 Å². The summed E-state index contributed by atoms with van der Waals surface area (Å²) in [5.74, 6) is -0.0186. The summed E-state index contributed by atoms with van der Waals surface area (Å²) >= 11 is 6.05. The molecule has 3 aromatic carbocycles. The third-order valence-electron chi connectivity index (χ3n) is 4.95. The Morgan fingerprint density at radius 2 is 1.69 bits per heavy atom.